The van der Waals surface area contributed by atoms with Crippen molar-refractivity contribution in [1.29, 1.82) is 0 Å². The maximum absolute atomic E-state index is 12.7. The number of nitrogens with one attached hydrogen (secondary N) is 2. The van der Waals surface area contributed by atoms with Crippen LogP contribution in [0.1, 0.15) is 19.3 Å². The van der Waals surface area contributed by atoms with Gasteiger partial charge < -0.3 is 16.2 Å². The van der Waals surface area contributed by atoms with E-state index in [-0.39, 0.29) is 56.4 Å². The van der Waals surface area contributed by atoms with Gasteiger partial charge in [-0.2, -0.15) is 23.5 Å². The highest BCUT2D eigenvalue weighted by Gasteiger charge is 2.60. The van der Waals surface area contributed by atoms with Crippen molar-refractivity contribution >= 4 is 53.1 Å². The van der Waals surface area contributed by atoms with Crippen molar-refractivity contribution in [1.82, 2.24) is 10.6 Å². The SMILES string of the molecule is CN=C(N)C1C(C(=O)NC)CC2SC3C(CCC4C(=O)NC(=O)C43)SC2C1C(=O)O. The van der Waals surface area contributed by atoms with Gasteiger partial charge in [0, 0.05) is 46.9 Å². The molecule has 0 aromatic heterocycles. The fourth-order valence-electron chi connectivity index (χ4n) is 5.60. The molecule has 0 spiro atoms. The molecule has 0 radical (unpaired) electrons. The molecule has 4 fully saturated rings. The first kappa shape index (κ1) is 21.5. The van der Waals surface area contributed by atoms with E-state index in [9.17, 15) is 24.3 Å². The van der Waals surface area contributed by atoms with Crippen LogP contribution in [0.3, 0.4) is 0 Å². The summed E-state index contributed by atoms with van der Waals surface area (Å²) in [5, 5.41) is 14.9. The molecule has 4 aliphatic rings. The number of carbonyl (C=O) groups excluding carboxylic acids is 3. The van der Waals surface area contributed by atoms with E-state index < -0.39 is 23.7 Å². The first-order valence-corrected chi connectivity index (χ1v) is 12.0. The zero-order valence-electron chi connectivity index (χ0n) is 16.7. The average molecular weight is 455 g/mol. The van der Waals surface area contributed by atoms with Crippen LogP contribution in [0, 0.1) is 29.6 Å². The van der Waals surface area contributed by atoms with Crippen molar-refractivity contribution in [3.63, 3.8) is 0 Å². The second-order valence-corrected chi connectivity index (χ2v) is 11.2. The molecule has 9 nitrogen and oxygen atoms in total. The minimum atomic E-state index is -0.982. The zero-order chi connectivity index (χ0) is 21.7. The lowest BCUT2D eigenvalue weighted by Gasteiger charge is -2.52. The first-order valence-electron chi connectivity index (χ1n) is 10.1. The third-order valence-electron chi connectivity index (χ3n) is 6.96. The summed E-state index contributed by atoms with van der Waals surface area (Å²) in [5.74, 6) is -4.27. The number of nitrogens with zero attached hydrogens (tertiary/aromatic N) is 1. The number of carbonyl (C=O) groups is 4. The fourth-order valence-corrected chi connectivity index (χ4v) is 9.96. The predicted molar refractivity (Wildman–Crippen MR) is 114 cm³/mol. The van der Waals surface area contributed by atoms with E-state index in [2.05, 4.69) is 15.6 Å². The molecule has 164 valence electrons. The molecule has 0 aromatic carbocycles. The maximum Gasteiger partial charge on any atom is 0.308 e. The van der Waals surface area contributed by atoms with Gasteiger partial charge in [0.15, 0.2) is 0 Å². The van der Waals surface area contributed by atoms with Crippen LogP contribution in [0.4, 0.5) is 0 Å². The highest BCUT2D eigenvalue weighted by Crippen LogP contribution is 2.58. The molecule has 2 saturated heterocycles. The smallest absolute Gasteiger partial charge is 0.308 e. The molecule has 30 heavy (non-hydrogen) atoms. The number of aliphatic carboxylic acids is 1. The molecule has 2 aliphatic carbocycles. The third-order valence-corrected chi connectivity index (χ3v) is 10.9. The summed E-state index contributed by atoms with van der Waals surface area (Å²) in [7, 11) is 3.04. The van der Waals surface area contributed by atoms with E-state index >= 15 is 0 Å². The Labute approximate surface area is 182 Å². The van der Waals surface area contributed by atoms with Gasteiger partial charge in [0.2, 0.25) is 17.7 Å². The number of rotatable bonds is 3. The van der Waals surface area contributed by atoms with Crippen LogP contribution in [-0.2, 0) is 19.2 Å². The minimum absolute atomic E-state index is 0.0602. The Hall–Kier alpha value is -1.75. The normalized spacial score (nSPS) is 43.1. The average Bonchev–Trinajstić information content (AvgIpc) is 3.03. The molecule has 11 heteroatoms. The molecule has 4 rings (SSSR count). The van der Waals surface area contributed by atoms with Gasteiger partial charge in [-0.25, -0.2) is 0 Å². The van der Waals surface area contributed by atoms with Crippen LogP contribution < -0.4 is 16.4 Å². The Kier molecular flexibility index (Phi) is 5.78. The lowest BCUT2D eigenvalue weighted by Crippen LogP contribution is -2.59. The number of amides is 3. The van der Waals surface area contributed by atoms with Crippen LogP contribution in [0.5, 0.6) is 0 Å². The standard InChI is InChI=1S/C19H26N4O5S2/c1-21-15(20)10-7(16(24)22-2)5-9-14(12(10)19(27)28)29-8-4-3-6-11(13(8)30-9)18(26)23-17(6)25/h6-14H,3-5H2,1-2H3,(H2,20,21)(H,22,24)(H,27,28)(H,23,25,26). The molecule has 9 unspecified atom stereocenters. The molecule has 9 atom stereocenters. The number of aliphatic imine (C=N–C) groups is 1. The van der Waals surface area contributed by atoms with Gasteiger partial charge in [-0.15, -0.1) is 0 Å². The van der Waals surface area contributed by atoms with E-state index in [0.717, 1.165) is 6.42 Å². The second-order valence-electron chi connectivity index (χ2n) is 8.34. The molecule has 0 bridgehead atoms. The topological polar surface area (TPSA) is 151 Å². The van der Waals surface area contributed by atoms with E-state index in [0.29, 0.717) is 12.8 Å². The molecule has 0 aromatic rings. The van der Waals surface area contributed by atoms with Gasteiger partial charge in [-0.3, -0.25) is 29.5 Å². The van der Waals surface area contributed by atoms with Crippen molar-refractivity contribution in [2.75, 3.05) is 14.1 Å². The number of carboxylic acid groups (broad SMARTS) is 1. The Morgan fingerprint density at radius 2 is 1.83 bits per heavy atom. The van der Waals surface area contributed by atoms with Crippen LogP contribution in [0.2, 0.25) is 0 Å². The lowest BCUT2D eigenvalue weighted by molar-refractivity contribution is -0.145. The van der Waals surface area contributed by atoms with Crippen molar-refractivity contribution in [2.24, 2.45) is 40.3 Å². The largest absolute Gasteiger partial charge is 0.481 e. The highest BCUT2D eigenvalue weighted by molar-refractivity contribution is 8.08. The number of hydrogen-bond acceptors (Lipinski definition) is 7. The van der Waals surface area contributed by atoms with Gasteiger partial charge >= 0.3 is 5.97 Å². The molecule has 2 aliphatic heterocycles. The maximum atomic E-state index is 12.7. The molecular weight excluding hydrogens is 428 g/mol. The number of fused-ring (bicyclic) bond motifs is 4. The molecular formula is C19H26N4O5S2. The second kappa shape index (κ2) is 8.07. The van der Waals surface area contributed by atoms with Crippen molar-refractivity contribution < 1.29 is 24.3 Å². The molecule has 5 N–H and O–H groups in total. The Balaban J connectivity index is 1.68. The summed E-state index contributed by atoms with van der Waals surface area (Å²) in [5.41, 5.74) is 6.12. The molecule has 3 amide bonds. The summed E-state index contributed by atoms with van der Waals surface area (Å²) < 4.78 is 0. The minimum Gasteiger partial charge on any atom is -0.481 e. The Morgan fingerprint density at radius 3 is 2.47 bits per heavy atom. The first-order chi connectivity index (χ1) is 14.3. The van der Waals surface area contributed by atoms with Crippen LogP contribution >= 0.6 is 23.5 Å². The fraction of sp³-hybridized carbons (Fsp3) is 0.737. The molecule has 2 heterocycles. The van der Waals surface area contributed by atoms with Crippen molar-refractivity contribution in [2.45, 2.75) is 40.3 Å². The van der Waals surface area contributed by atoms with Crippen molar-refractivity contribution in [3.05, 3.63) is 0 Å². The zero-order valence-corrected chi connectivity index (χ0v) is 18.4. The van der Waals surface area contributed by atoms with E-state index in [1.165, 1.54) is 14.1 Å². The third kappa shape index (κ3) is 3.30. The number of carboxylic acids is 1. The van der Waals surface area contributed by atoms with E-state index in [4.69, 9.17) is 5.73 Å². The van der Waals surface area contributed by atoms with Crippen LogP contribution in [0.25, 0.3) is 0 Å². The Morgan fingerprint density at radius 1 is 1.13 bits per heavy atom. The van der Waals surface area contributed by atoms with Gasteiger partial charge in [-0.05, 0) is 19.3 Å². The van der Waals surface area contributed by atoms with E-state index in [1.54, 1.807) is 23.5 Å². The number of hydrogen-bond donors (Lipinski definition) is 4. The predicted octanol–water partition coefficient (Wildman–Crippen LogP) is -0.307. The van der Waals surface area contributed by atoms with Gasteiger partial charge in [0.1, 0.15) is 0 Å². The summed E-state index contributed by atoms with van der Waals surface area (Å²) in [4.78, 5) is 53.7. The van der Waals surface area contributed by atoms with E-state index in [1.807, 2.05) is 0 Å². The quantitative estimate of drug-likeness (QED) is 0.258. The summed E-state index contributed by atoms with van der Waals surface area (Å²) >= 11 is 3.20. The molecule has 2 saturated carbocycles. The number of nitrogens with two attached hydrogens (primary N) is 1. The van der Waals surface area contributed by atoms with Gasteiger partial charge in [0.05, 0.1) is 23.6 Å². The van der Waals surface area contributed by atoms with Crippen molar-refractivity contribution in [3.8, 4) is 0 Å². The summed E-state index contributed by atoms with van der Waals surface area (Å²) in [6.07, 6.45) is 1.86. The van der Waals surface area contributed by atoms with Crippen LogP contribution in [0.15, 0.2) is 4.99 Å². The van der Waals surface area contributed by atoms with Crippen LogP contribution in [-0.4, -0.2) is 69.7 Å². The van der Waals surface area contributed by atoms with Gasteiger partial charge in [0.25, 0.3) is 0 Å². The van der Waals surface area contributed by atoms with Gasteiger partial charge in [-0.1, -0.05) is 0 Å². The Bertz CT molecular complexity index is 821. The summed E-state index contributed by atoms with van der Waals surface area (Å²) in [6, 6.07) is 0. The summed E-state index contributed by atoms with van der Waals surface area (Å²) in [6.45, 7) is 0. The number of amidine groups is 1. The lowest BCUT2D eigenvalue weighted by atomic mass is 9.70. The number of imide groups is 1. The monoisotopic (exact) mass is 454 g/mol. The number of thioether (sulfide) groups is 2. The highest BCUT2D eigenvalue weighted by atomic mass is 32.2.